The Labute approximate surface area is 108 Å². The van der Waals surface area contributed by atoms with Crippen molar-refractivity contribution in [1.82, 2.24) is 10.2 Å². The van der Waals surface area contributed by atoms with Crippen LogP contribution in [0.25, 0.3) is 0 Å². The molecule has 18 heavy (non-hydrogen) atoms. The van der Waals surface area contributed by atoms with E-state index in [-0.39, 0.29) is 18.2 Å². The number of hydrogen-bond donors (Lipinski definition) is 3. The van der Waals surface area contributed by atoms with Crippen LogP contribution in [-0.4, -0.2) is 54.1 Å². The van der Waals surface area contributed by atoms with Crippen LogP contribution in [-0.2, 0) is 9.59 Å². The average molecular weight is 257 g/mol. The Hall–Kier alpha value is -1.14. The van der Waals surface area contributed by atoms with Gasteiger partial charge in [-0.05, 0) is 31.7 Å². The van der Waals surface area contributed by atoms with Gasteiger partial charge in [0, 0.05) is 26.6 Å². The Morgan fingerprint density at radius 2 is 2.06 bits per heavy atom. The van der Waals surface area contributed by atoms with Crippen molar-refractivity contribution in [1.29, 1.82) is 0 Å². The Bertz CT molecular complexity index is 288. The fourth-order valence-electron chi connectivity index (χ4n) is 2.10. The van der Waals surface area contributed by atoms with Crippen molar-refractivity contribution in [2.75, 3.05) is 26.2 Å². The number of piperidine rings is 1. The highest BCUT2D eigenvalue weighted by Gasteiger charge is 2.22. The molecule has 6 nitrogen and oxygen atoms in total. The molecule has 4 N–H and O–H groups in total. The number of aliphatic hydroxyl groups is 1. The monoisotopic (exact) mass is 257 g/mol. The molecule has 1 atom stereocenters. The largest absolute Gasteiger partial charge is 0.383 e. The van der Waals surface area contributed by atoms with E-state index in [1.54, 1.807) is 6.92 Å². The number of nitrogens with one attached hydrogen (secondary N) is 1. The van der Waals surface area contributed by atoms with E-state index in [1.807, 2.05) is 4.90 Å². The first-order chi connectivity index (χ1) is 8.54. The van der Waals surface area contributed by atoms with Gasteiger partial charge in [-0.25, -0.2) is 0 Å². The summed E-state index contributed by atoms with van der Waals surface area (Å²) in [7, 11) is 0. The molecule has 2 amide bonds. The lowest BCUT2D eigenvalue weighted by atomic mass is 9.96. The molecule has 1 unspecified atom stereocenters. The van der Waals surface area contributed by atoms with Gasteiger partial charge in [0.2, 0.25) is 11.8 Å². The maximum atomic E-state index is 11.5. The molecule has 1 heterocycles. The lowest BCUT2D eigenvalue weighted by molar-refractivity contribution is -0.131. The number of rotatable bonds is 5. The van der Waals surface area contributed by atoms with Crippen molar-refractivity contribution in [3.63, 3.8) is 0 Å². The molecule has 104 valence electrons. The Kier molecular flexibility index (Phi) is 6.07. The SMILES string of the molecule is CC(=O)N1CCC(CNC(=O)C(O)CCN)CC1. The van der Waals surface area contributed by atoms with Crippen LogP contribution in [0.2, 0.25) is 0 Å². The van der Waals surface area contributed by atoms with Crippen LogP contribution in [0.1, 0.15) is 26.2 Å². The third-order valence-electron chi connectivity index (χ3n) is 3.37. The summed E-state index contributed by atoms with van der Waals surface area (Å²) in [6.07, 6.45) is 1.07. The van der Waals surface area contributed by atoms with Gasteiger partial charge in [0.15, 0.2) is 0 Å². The molecule has 1 rings (SSSR count). The standard InChI is InChI=1S/C12H23N3O3/c1-9(16)15-6-3-10(4-7-15)8-14-12(18)11(17)2-5-13/h10-11,17H,2-8,13H2,1H3,(H,14,18). The van der Waals surface area contributed by atoms with Crippen LogP contribution in [0, 0.1) is 5.92 Å². The van der Waals surface area contributed by atoms with E-state index in [1.165, 1.54) is 0 Å². The van der Waals surface area contributed by atoms with Gasteiger partial charge in [0.05, 0.1) is 0 Å². The highest BCUT2D eigenvalue weighted by Crippen LogP contribution is 2.16. The van der Waals surface area contributed by atoms with Gasteiger partial charge in [-0.1, -0.05) is 0 Å². The third kappa shape index (κ3) is 4.62. The minimum Gasteiger partial charge on any atom is -0.383 e. The summed E-state index contributed by atoms with van der Waals surface area (Å²) in [5.74, 6) is 0.139. The van der Waals surface area contributed by atoms with Gasteiger partial charge in [-0.2, -0.15) is 0 Å². The number of nitrogens with zero attached hydrogens (tertiary/aromatic N) is 1. The van der Waals surface area contributed by atoms with Gasteiger partial charge < -0.3 is 21.1 Å². The molecular formula is C12H23N3O3. The molecule has 1 aliphatic rings. The molecule has 0 radical (unpaired) electrons. The number of amides is 2. The normalized spacial score (nSPS) is 18.5. The van der Waals surface area contributed by atoms with E-state index in [0.29, 0.717) is 19.0 Å². The van der Waals surface area contributed by atoms with Crippen molar-refractivity contribution in [2.45, 2.75) is 32.3 Å². The molecule has 0 aromatic rings. The second kappa shape index (κ2) is 7.33. The molecule has 0 aliphatic carbocycles. The second-order valence-corrected chi connectivity index (χ2v) is 4.79. The van der Waals surface area contributed by atoms with Crippen LogP contribution < -0.4 is 11.1 Å². The molecular weight excluding hydrogens is 234 g/mol. The van der Waals surface area contributed by atoms with Crippen LogP contribution in [0.15, 0.2) is 0 Å². The van der Waals surface area contributed by atoms with Crippen molar-refractivity contribution < 1.29 is 14.7 Å². The number of aliphatic hydroxyl groups excluding tert-OH is 1. The van der Waals surface area contributed by atoms with Gasteiger partial charge in [0.25, 0.3) is 0 Å². The van der Waals surface area contributed by atoms with Crippen molar-refractivity contribution in [3.8, 4) is 0 Å². The quantitative estimate of drug-likeness (QED) is 0.593. The summed E-state index contributed by atoms with van der Waals surface area (Å²) in [5, 5.41) is 12.2. The summed E-state index contributed by atoms with van der Waals surface area (Å²) in [5.41, 5.74) is 5.27. The Morgan fingerprint density at radius 1 is 1.44 bits per heavy atom. The highest BCUT2D eigenvalue weighted by atomic mass is 16.3. The predicted octanol–water partition coefficient (Wildman–Crippen LogP) is -0.929. The molecule has 0 bridgehead atoms. The zero-order valence-corrected chi connectivity index (χ0v) is 10.9. The molecule has 0 aromatic carbocycles. The first kappa shape index (κ1) is 14.9. The summed E-state index contributed by atoms with van der Waals surface area (Å²) in [6.45, 7) is 3.94. The van der Waals surface area contributed by atoms with Crippen LogP contribution in [0.3, 0.4) is 0 Å². The average Bonchev–Trinajstić information content (AvgIpc) is 2.36. The van der Waals surface area contributed by atoms with Crippen molar-refractivity contribution in [3.05, 3.63) is 0 Å². The summed E-state index contributed by atoms with van der Waals surface area (Å²) < 4.78 is 0. The predicted molar refractivity (Wildman–Crippen MR) is 67.7 cm³/mol. The summed E-state index contributed by atoms with van der Waals surface area (Å²) >= 11 is 0. The Morgan fingerprint density at radius 3 is 2.56 bits per heavy atom. The number of nitrogens with two attached hydrogens (primary N) is 1. The van der Waals surface area contributed by atoms with Gasteiger partial charge in [-0.3, -0.25) is 9.59 Å². The van der Waals surface area contributed by atoms with Crippen LogP contribution in [0.4, 0.5) is 0 Å². The minimum atomic E-state index is -1.01. The highest BCUT2D eigenvalue weighted by molar-refractivity contribution is 5.80. The van der Waals surface area contributed by atoms with Gasteiger partial charge >= 0.3 is 0 Å². The minimum absolute atomic E-state index is 0.107. The van der Waals surface area contributed by atoms with E-state index < -0.39 is 6.10 Å². The van der Waals surface area contributed by atoms with E-state index in [4.69, 9.17) is 5.73 Å². The smallest absolute Gasteiger partial charge is 0.248 e. The molecule has 0 saturated carbocycles. The maximum Gasteiger partial charge on any atom is 0.248 e. The molecule has 1 aliphatic heterocycles. The zero-order valence-electron chi connectivity index (χ0n) is 10.9. The molecule has 6 heteroatoms. The molecule has 1 fully saturated rings. The fourth-order valence-corrected chi connectivity index (χ4v) is 2.10. The Balaban J connectivity index is 2.21. The molecule has 0 spiro atoms. The van der Waals surface area contributed by atoms with E-state index in [0.717, 1.165) is 25.9 Å². The van der Waals surface area contributed by atoms with Crippen molar-refractivity contribution in [2.24, 2.45) is 11.7 Å². The second-order valence-electron chi connectivity index (χ2n) is 4.79. The van der Waals surface area contributed by atoms with Gasteiger partial charge in [0.1, 0.15) is 6.10 Å². The third-order valence-corrected chi connectivity index (χ3v) is 3.37. The summed E-state index contributed by atoms with van der Waals surface area (Å²) in [6, 6.07) is 0. The van der Waals surface area contributed by atoms with Crippen LogP contribution in [0.5, 0.6) is 0 Å². The van der Waals surface area contributed by atoms with Crippen molar-refractivity contribution >= 4 is 11.8 Å². The lowest BCUT2D eigenvalue weighted by Gasteiger charge is -2.31. The molecule has 0 aromatic heterocycles. The number of likely N-dealkylation sites (tertiary alicyclic amines) is 1. The van der Waals surface area contributed by atoms with E-state index in [9.17, 15) is 14.7 Å². The summed E-state index contributed by atoms with van der Waals surface area (Å²) in [4.78, 5) is 24.4. The number of hydrogen-bond acceptors (Lipinski definition) is 4. The fraction of sp³-hybridized carbons (Fsp3) is 0.833. The van der Waals surface area contributed by atoms with E-state index >= 15 is 0 Å². The number of carbonyl (C=O) groups excluding carboxylic acids is 2. The zero-order chi connectivity index (χ0) is 13.5. The first-order valence-corrected chi connectivity index (χ1v) is 6.46. The lowest BCUT2D eigenvalue weighted by Crippen LogP contribution is -2.43. The van der Waals surface area contributed by atoms with Crippen LogP contribution >= 0.6 is 0 Å². The maximum absolute atomic E-state index is 11.5. The first-order valence-electron chi connectivity index (χ1n) is 6.46. The van der Waals surface area contributed by atoms with E-state index in [2.05, 4.69) is 5.32 Å². The molecule has 1 saturated heterocycles. The van der Waals surface area contributed by atoms with Gasteiger partial charge in [-0.15, -0.1) is 0 Å². The topological polar surface area (TPSA) is 95.7 Å². The number of carbonyl (C=O) groups is 2.